The Kier molecular flexibility index (Phi) is 15.4. The molecular weight excluding hydrogens is 596 g/mol. The zero-order valence-corrected chi connectivity index (χ0v) is 25.2. The van der Waals surface area contributed by atoms with Gasteiger partial charge in [-0.05, 0) is 74.9 Å². The van der Waals surface area contributed by atoms with Crippen LogP contribution in [0, 0.1) is 0 Å². The predicted octanol–water partition coefficient (Wildman–Crippen LogP) is 3.35. The van der Waals surface area contributed by atoms with E-state index in [2.05, 4.69) is 21.8 Å². The van der Waals surface area contributed by atoms with E-state index in [1.54, 1.807) is 91.0 Å². The molecule has 0 radical (unpaired) electrons. The summed E-state index contributed by atoms with van der Waals surface area (Å²) in [7, 11) is 0. The Morgan fingerprint density at radius 3 is 1.35 bits per heavy atom. The summed E-state index contributed by atoms with van der Waals surface area (Å²) in [5.41, 5.74) is 8.69. The van der Waals surface area contributed by atoms with Crippen molar-refractivity contribution in [3.8, 4) is 0 Å². The molecule has 0 aliphatic carbocycles. The first-order valence-corrected chi connectivity index (χ1v) is 14.9. The number of unbranched alkanes of at least 4 members (excludes halogenated alkanes) is 2. The number of carboxylic acids is 1. The summed E-state index contributed by atoms with van der Waals surface area (Å²) >= 11 is 0. The molecule has 0 unspecified atom stereocenters. The molecule has 0 saturated heterocycles. The molecule has 3 aromatic rings. The van der Waals surface area contributed by atoms with E-state index in [4.69, 9.17) is 14.5 Å². The number of carboxylic acid groups (broad SMARTS) is 1. The molecule has 0 aliphatic heterocycles. The fourth-order valence-electron chi connectivity index (χ4n) is 4.12. The first-order valence-electron chi connectivity index (χ1n) is 14.9. The minimum atomic E-state index is -1.22. The highest BCUT2D eigenvalue weighted by molar-refractivity contribution is 5.90. The summed E-state index contributed by atoms with van der Waals surface area (Å²) in [6.45, 7) is 0.580. The Morgan fingerprint density at radius 2 is 0.935 bits per heavy atom. The van der Waals surface area contributed by atoms with Gasteiger partial charge in [0.25, 0.3) is 0 Å². The highest BCUT2D eigenvalue weighted by Crippen LogP contribution is 2.08. The maximum atomic E-state index is 13.1. The van der Waals surface area contributed by atoms with E-state index in [0.29, 0.717) is 43.4 Å². The molecule has 13 nitrogen and oxygen atoms in total. The Labute approximate surface area is 266 Å². The third-order valence-electron chi connectivity index (χ3n) is 6.63. The molecule has 0 aromatic heterocycles. The van der Waals surface area contributed by atoms with Crippen molar-refractivity contribution in [2.75, 3.05) is 13.1 Å². The van der Waals surface area contributed by atoms with Gasteiger partial charge in [-0.2, -0.15) is 11.0 Å². The quantitative estimate of drug-likeness (QED) is 0.0696. The number of amides is 1. The summed E-state index contributed by atoms with van der Waals surface area (Å²) in [6, 6.07) is 22.9. The number of hydroxylamine groups is 3. The summed E-state index contributed by atoms with van der Waals surface area (Å²) in [5, 5.41) is 12.2. The Morgan fingerprint density at radius 1 is 0.543 bits per heavy atom. The van der Waals surface area contributed by atoms with Gasteiger partial charge in [-0.15, -0.1) is 5.48 Å². The van der Waals surface area contributed by atoms with Crippen LogP contribution in [-0.2, 0) is 24.1 Å². The largest absolute Gasteiger partial charge is 0.480 e. The van der Waals surface area contributed by atoms with Gasteiger partial charge in [0.1, 0.15) is 12.1 Å². The lowest BCUT2D eigenvalue weighted by molar-refractivity contribution is -0.143. The first kappa shape index (κ1) is 35.4. The average Bonchev–Trinajstić information content (AvgIpc) is 3.09. The van der Waals surface area contributed by atoms with Crippen molar-refractivity contribution in [3.05, 3.63) is 108 Å². The minimum absolute atomic E-state index is 0.114. The number of nitrogens with one attached hydrogen (secondary N) is 4. The Hall–Kier alpha value is -5.11. The van der Waals surface area contributed by atoms with Crippen molar-refractivity contribution in [3.63, 3.8) is 0 Å². The van der Waals surface area contributed by atoms with Crippen LogP contribution in [0.5, 0.6) is 0 Å². The van der Waals surface area contributed by atoms with E-state index in [9.17, 15) is 29.1 Å². The topological polar surface area (TPSA) is 181 Å². The second-order valence-electron chi connectivity index (χ2n) is 10.1. The van der Waals surface area contributed by atoms with E-state index in [1.807, 2.05) is 0 Å². The maximum Gasteiger partial charge on any atom is 0.356 e. The smallest absolute Gasteiger partial charge is 0.356 e. The molecule has 3 rings (SSSR count). The monoisotopic (exact) mass is 634 g/mol. The lowest BCUT2D eigenvalue weighted by Crippen LogP contribution is -2.50. The highest BCUT2D eigenvalue weighted by Gasteiger charge is 2.26. The molecule has 0 spiro atoms. The molecule has 2 atom stereocenters. The van der Waals surface area contributed by atoms with Crippen LogP contribution in [0.3, 0.4) is 0 Å². The van der Waals surface area contributed by atoms with Crippen LogP contribution in [0.25, 0.3) is 0 Å². The molecule has 13 heteroatoms. The van der Waals surface area contributed by atoms with E-state index < -0.39 is 41.9 Å². The molecule has 0 fully saturated rings. The van der Waals surface area contributed by atoms with Gasteiger partial charge >= 0.3 is 23.9 Å². The number of rotatable bonds is 20. The highest BCUT2D eigenvalue weighted by atomic mass is 16.7. The molecule has 0 heterocycles. The second kappa shape index (κ2) is 20.0. The summed E-state index contributed by atoms with van der Waals surface area (Å²) < 4.78 is 0. The zero-order valence-electron chi connectivity index (χ0n) is 25.2. The van der Waals surface area contributed by atoms with Gasteiger partial charge in [0.15, 0.2) is 0 Å². The maximum absolute atomic E-state index is 13.1. The SMILES string of the molecule is O=C(ONCCCC[C@H](NC(=O)[C@H](CCCCNOC(=O)c1ccccc1)NOC(=O)c1ccccc1)C(=O)O)c1ccccc1. The predicted molar refractivity (Wildman–Crippen MR) is 166 cm³/mol. The van der Waals surface area contributed by atoms with Crippen LogP contribution in [0.15, 0.2) is 91.0 Å². The summed E-state index contributed by atoms with van der Waals surface area (Å²) in [4.78, 5) is 76.7. The third kappa shape index (κ3) is 12.9. The van der Waals surface area contributed by atoms with Gasteiger partial charge < -0.3 is 24.9 Å². The van der Waals surface area contributed by atoms with Gasteiger partial charge in [0.2, 0.25) is 5.91 Å². The molecular formula is C33H38N4O9. The molecule has 244 valence electrons. The summed E-state index contributed by atoms with van der Waals surface area (Å²) in [6.07, 6.45) is 2.11. The van der Waals surface area contributed by atoms with Gasteiger partial charge in [0, 0.05) is 13.1 Å². The Balaban J connectivity index is 1.44. The minimum Gasteiger partial charge on any atom is -0.480 e. The number of carbonyl (C=O) groups is 5. The van der Waals surface area contributed by atoms with E-state index in [-0.39, 0.29) is 24.9 Å². The Bertz CT molecular complexity index is 1390. The van der Waals surface area contributed by atoms with E-state index >= 15 is 0 Å². The number of carbonyl (C=O) groups excluding carboxylic acids is 4. The fourth-order valence-corrected chi connectivity index (χ4v) is 4.12. The summed E-state index contributed by atoms with van der Waals surface area (Å²) in [5.74, 6) is -3.65. The van der Waals surface area contributed by atoms with Crippen molar-refractivity contribution in [2.45, 2.75) is 50.6 Å². The van der Waals surface area contributed by atoms with Crippen molar-refractivity contribution in [1.82, 2.24) is 21.8 Å². The van der Waals surface area contributed by atoms with Gasteiger partial charge in [-0.3, -0.25) is 4.79 Å². The van der Waals surface area contributed by atoms with Crippen LogP contribution in [0.2, 0.25) is 0 Å². The number of hydrogen-bond acceptors (Lipinski definition) is 11. The number of hydrogen-bond donors (Lipinski definition) is 5. The van der Waals surface area contributed by atoms with Crippen molar-refractivity contribution >= 4 is 29.8 Å². The first-order chi connectivity index (χ1) is 22.3. The van der Waals surface area contributed by atoms with Crippen LogP contribution < -0.4 is 21.8 Å². The lowest BCUT2D eigenvalue weighted by Gasteiger charge is -2.21. The second-order valence-corrected chi connectivity index (χ2v) is 10.1. The lowest BCUT2D eigenvalue weighted by atomic mass is 10.1. The molecule has 0 bridgehead atoms. The zero-order chi connectivity index (χ0) is 33.0. The van der Waals surface area contributed by atoms with Crippen LogP contribution in [-0.4, -0.2) is 60.1 Å². The number of aliphatic carboxylic acids is 1. The average molecular weight is 635 g/mol. The molecule has 0 saturated carbocycles. The molecule has 1 amide bonds. The third-order valence-corrected chi connectivity index (χ3v) is 6.63. The molecule has 3 aromatic carbocycles. The molecule has 46 heavy (non-hydrogen) atoms. The van der Waals surface area contributed by atoms with Gasteiger partial charge in [-0.25, -0.2) is 19.2 Å². The van der Waals surface area contributed by atoms with Crippen molar-refractivity contribution in [2.24, 2.45) is 0 Å². The van der Waals surface area contributed by atoms with E-state index in [0.717, 1.165) is 0 Å². The molecule has 0 aliphatic rings. The normalized spacial score (nSPS) is 11.9. The van der Waals surface area contributed by atoms with Crippen LogP contribution in [0.4, 0.5) is 0 Å². The number of benzene rings is 3. The van der Waals surface area contributed by atoms with Gasteiger partial charge in [0.05, 0.1) is 16.7 Å². The van der Waals surface area contributed by atoms with Crippen LogP contribution in [0.1, 0.15) is 69.6 Å². The molecule has 5 N–H and O–H groups in total. The van der Waals surface area contributed by atoms with Gasteiger partial charge in [-0.1, -0.05) is 54.6 Å². The fraction of sp³-hybridized carbons (Fsp3) is 0.303. The van der Waals surface area contributed by atoms with Crippen LogP contribution >= 0.6 is 0 Å². The van der Waals surface area contributed by atoms with Crippen molar-refractivity contribution in [1.29, 1.82) is 0 Å². The van der Waals surface area contributed by atoms with E-state index in [1.165, 1.54) is 0 Å². The standard InChI is InChI=1S/C33H38N4O9/c38-29(36-28(30(39)40)21-11-13-23-35-45-32(42)25-16-6-2-7-17-25)27(37-46-33(43)26-18-8-3-9-19-26)20-10-12-22-34-44-31(41)24-14-4-1-5-15-24/h1-9,14-19,27-28,34-35,37H,10-13,20-23H2,(H,36,38)(H,39,40)/t27-,28-/m0/s1. The van der Waals surface area contributed by atoms with Crippen molar-refractivity contribution < 1.29 is 43.6 Å².